The predicted octanol–water partition coefficient (Wildman–Crippen LogP) is 5.06. The highest BCUT2D eigenvalue weighted by Crippen LogP contribution is 2.49. The molecule has 3 heterocycles. The maximum atomic E-state index is 9.00. The molecular formula is C22H26ClN3OS. The Kier molecular flexibility index (Phi) is 5.50. The van der Waals surface area contributed by atoms with Gasteiger partial charge in [0.15, 0.2) is 0 Å². The van der Waals surface area contributed by atoms with E-state index in [4.69, 9.17) is 21.6 Å². The number of ether oxygens (including phenoxy) is 1. The summed E-state index contributed by atoms with van der Waals surface area (Å²) in [7, 11) is 0. The third-order valence-electron chi connectivity index (χ3n) is 6.16. The lowest BCUT2D eigenvalue weighted by molar-refractivity contribution is -0.230. The zero-order valence-corrected chi connectivity index (χ0v) is 18.0. The van der Waals surface area contributed by atoms with E-state index < -0.39 is 0 Å². The fourth-order valence-electron chi connectivity index (χ4n) is 4.60. The molecule has 1 aromatic heterocycles. The zero-order valence-electron chi connectivity index (χ0n) is 16.4. The first-order valence-corrected chi connectivity index (χ1v) is 11.1. The molecular weight excluding hydrogens is 390 g/mol. The largest absolute Gasteiger partial charge is 0.372 e. The molecule has 2 atom stereocenters. The van der Waals surface area contributed by atoms with Crippen molar-refractivity contribution in [1.29, 1.82) is 5.26 Å². The van der Waals surface area contributed by atoms with Crippen molar-refractivity contribution in [3.63, 3.8) is 0 Å². The van der Waals surface area contributed by atoms with Gasteiger partial charge in [0, 0.05) is 18.4 Å². The van der Waals surface area contributed by atoms with Crippen LogP contribution in [0.5, 0.6) is 0 Å². The summed E-state index contributed by atoms with van der Waals surface area (Å²) < 4.78 is 7.09. The van der Waals surface area contributed by atoms with Crippen molar-refractivity contribution in [3.05, 3.63) is 50.9 Å². The Morgan fingerprint density at radius 3 is 2.71 bits per heavy atom. The summed E-state index contributed by atoms with van der Waals surface area (Å²) in [6.07, 6.45) is 6.47. The molecule has 2 aliphatic heterocycles. The maximum Gasteiger partial charge on any atom is 0.113 e. The second-order valence-electron chi connectivity index (χ2n) is 8.76. The van der Waals surface area contributed by atoms with E-state index in [0.717, 1.165) is 60.2 Å². The van der Waals surface area contributed by atoms with Crippen LogP contribution in [0.2, 0.25) is 4.34 Å². The Hall–Kier alpha value is -1.45. The van der Waals surface area contributed by atoms with Crippen LogP contribution in [0.15, 0.2) is 30.5 Å². The Morgan fingerprint density at radius 2 is 2.11 bits per heavy atom. The summed E-state index contributed by atoms with van der Waals surface area (Å²) >= 11 is 7.62. The molecule has 0 saturated carbocycles. The van der Waals surface area contributed by atoms with Crippen LogP contribution >= 0.6 is 22.9 Å². The lowest BCUT2D eigenvalue weighted by Crippen LogP contribution is -2.55. The summed E-state index contributed by atoms with van der Waals surface area (Å²) in [6.45, 7) is 7.35. The highest BCUT2D eigenvalue weighted by atomic mass is 35.5. The summed E-state index contributed by atoms with van der Waals surface area (Å²) in [5.41, 5.74) is 2.20. The van der Waals surface area contributed by atoms with E-state index in [1.54, 1.807) is 17.5 Å². The normalized spacial score (nSPS) is 26.7. The SMILES string of the molecule is CC1(C)C[C@H]([C@]2(CCc3ccc(C#N)cc3)CCN(Cc3ncc(Cl)s3)C2)O1. The molecule has 0 aliphatic carbocycles. The van der Waals surface area contributed by atoms with Crippen molar-refractivity contribution < 1.29 is 4.74 Å². The molecule has 0 spiro atoms. The molecule has 2 fully saturated rings. The minimum absolute atomic E-state index is 0.00234. The van der Waals surface area contributed by atoms with Crippen LogP contribution < -0.4 is 0 Å². The first-order valence-electron chi connectivity index (χ1n) is 9.87. The third-order valence-corrected chi connectivity index (χ3v) is 7.26. The maximum absolute atomic E-state index is 9.00. The van der Waals surface area contributed by atoms with Gasteiger partial charge in [-0.3, -0.25) is 4.90 Å². The van der Waals surface area contributed by atoms with Crippen LogP contribution in [0.1, 0.15) is 49.2 Å². The standard InChI is InChI=1S/C22H26ClN3OS/c1-21(2)11-18(27-21)22(8-7-16-3-5-17(12-24)6-4-16)9-10-26(15-22)14-20-25-13-19(23)28-20/h3-6,13,18H,7-11,14-15H2,1-2H3/t18-,22-/m1/s1. The number of rotatable bonds is 6. The molecule has 2 aliphatic rings. The summed E-state index contributed by atoms with van der Waals surface area (Å²) in [5.74, 6) is 0. The van der Waals surface area contributed by atoms with Gasteiger partial charge in [-0.1, -0.05) is 23.7 Å². The van der Waals surface area contributed by atoms with Gasteiger partial charge < -0.3 is 4.74 Å². The lowest BCUT2D eigenvalue weighted by Gasteiger charge is -2.52. The van der Waals surface area contributed by atoms with Gasteiger partial charge in [-0.2, -0.15) is 5.26 Å². The van der Waals surface area contributed by atoms with E-state index >= 15 is 0 Å². The Balaban J connectivity index is 1.45. The predicted molar refractivity (Wildman–Crippen MR) is 112 cm³/mol. The number of nitriles is 1. The fraction of sp³-hybridized carbons (Fsp3) is 0.545. The Morgan fingerprint density at radius 1 is 1.36 bits per heavy atom. The topological polar surface area (TPSA) is 49.2 Å². The average molecular weight is 416 g/mol. The number of hydrogen-bond acceptors (Lipinski definition) is 5. The molecule has 0 N–H and O–H groups in total. The van der Waals surface area contributed by atoms with Gasteiger partial charge in [-0.15, -0.1) is 11.3 Å². The highest BCUT2D eigenvalue weighted by molar-refractivity contribution is 7.15. The van der Waals surface area contributed by atoms with Crippen molar-refractivity contribution >= 4 is 22.9 Å². The first-order chi connectivity index (χ1) is 13.4. The zero-order chi connectivity index (χ0) is 19.8. The van der Waals surface area contributed by atoms with Crippen LogP contribution in [-0.2, 0) is 17.7 Å². The molecule has 0 bridgehead atoms. The monoisotopic (exact) mass is 415 g/mol. The van der Waals surface area contributed by atoms with Gasteiger partial charge in [0.05, 0.1) is 36.1 Å². The number of hydrogen-bond donors (Lipinski definition) is 0. The number of likely N-dealkylation sites (tertiary alicyclic amines) is 1. The first kappa shape index (κ1) is 19.8. The molecule has 0 amide bonds. The smallest absolute Gasteiger partial charge is 0.113 e. The van der Waals surface area contributed by atoms with Crippen molar-refractivity contribution in [2.75, 3.05) is 13.1 Å². The number of benzene rings is 1. The van der Waals surface area contributed by atoms with Crippen molar-refractivity contribution in [2.24, 2.45) is 5.41 Å². The molecule has 0 unspecified atom stereocenters. The minimum Gasteiger partial charge on any atom is -0.372 e. The average Bonchev–Trinajstić information content (AvgIpc) is 3.25. The van der Waals surface area contributed by atoms with Crippen molar-refractivity contribution in [2.45, 2.75) is 57.8 Å². The lowest BCUT2D eigenvalue weighted by atomic mass is 9.70. The number of nitrogens with zero attached hydrogens (tertiary/aromatic N) is 3. The van der Waals surface area contributed by atoms with Gasteiger partial charge in [-0.05, 0) is 57.4 Å². The molecule has 4 rings (SSSR count). The van der Waals surface area contributed by atoms with Crippen LogP contribution in [0.3, 0.4) is 0 Å². The Bertz CT molecular complexity index is 865. The highest BCUT2D eigenvalue weighted by Gasteiger charge is 2.52. The second-order valence-corrected chi connectivity index (χ2v) is 10.5. The van der Waals surface area contributed by atoms with Gasteiger partial charge in [-0.25, -0.2) is 4.98 Å². The molecule has 2 aromatic rings. The van der Waals surface area contributed by atoms with E-state index in [9.17, 15) is 0 Å². The van der Waals surface area contributed by atoms with Gasteiger partial charge in [0.2, 0.25) is 0 Å². The van der Waals surface area contributed by atoms with E-state index in [0.29, 0.717) is 6.10 Å². The molecule has 6 heteroatoms. The summed E-state index contributed by atoms with van der Waals surface area (Å²) in [5, 5.41) is 10.1. The number of aromatic nitrogens is 1. The van der Waals surface area contributed by atoms with Gasteiger partial charge in [0.1, 0.15) is 9.34 Å². The third kappa shape index (κ3) is 4.26. The molecule has 0 radical (unpaired) electrons. The van der Waals surface area contributed by atoms with Crippen LogP contribution in [0.4, 0.5) is 0 Å². The molecule has 2 saturated heterocycles. The van der Waals surface area contributed by atoms with Crippen LogP contribution in [-0.4, -0.2) is 34.7 Å². The van der Waals surface area contributed by atoms with E-state index in [-0.39, 0.29) is 11.0 Å². The Labute approximate surface area is 176 Å². The van der Waals surface area contributed by atoms with E-state index in [2.05, 4.69) is 41.9 Å². The number of halogens is 1. The van der Waals surface area contributed by atoms with Crippen LogP contribution in [0.25, 0.3) is 0 Å². The van der Waals surface area contributed by atoms with Crippen LogP contribution in [0, 0.1) is 16.7 Å². The quantitative estimate of drug-likeness (QED) is 0.661. The molecule has 28 heavy (non-hydrogen) atoms. The molecule has 1 aromatic carbocycles. The summed E-state index contributed by atoms with van der Waals surface area (Å²) in [6, 6.07) is 10.2. The second kappa shape index (κ2) is 7.76. The molecule has 148 valence electrons. The molecule has 4 nitrogen and oxygen atoms in total. The van der Waals surface area contributed by atoms with Gasteiger partial charge in [0.25, 0.3) is 0 Å². The van der Waals surface area contributed by atoms with Gasteiger partial charge >= 0.3 is 0 Å². The van der Waals surface area contributed by atoms with E-state index in [1.165, 1.54) is 5.56 Å². The minimum atomic E-state index is 0.00234. The number of thiazole rings is 1. The van der Waals surface area contributed by atoms with Crippen molar-refractivity contribution in [1.82, 2.24) is 9.88 Å². The number of aryl methyl sites for hydroxylation is 1. The van der Waals surface area contributed by atoms with E-state index in [1.807, 2.05) is 12.1 Å². The van der Waals surface area contributed by atoms with Crippen molar-refractivity contribution in [3.8, 4) is 6.07 Å². The summed E-state index contributed by atoms with van der Waals surface area (Å²) in [4.78, 5) is 6.93. The fourth-order valence-corrected chi connectivity index (χ4v) is 5.60.